The van der Waals surface area contributed by atoms with E-state index < -0.39 is 5.82 Å². The molecule has 1 amide bonds. The van der Waals surface area contributed by atoms with Crippen molar-refractivity contribution in [2.45, 2.75) is 25.8 Å². The number of ether oxygens (including phenoxy) is 1. The molecule has 0 heterocycles. The van der Waals surface area contributed by atoms with Gasteiger partial charge in [-0.2, -0.15) is 0 Å². The van der Waals surface area contributed by atoms with Crippen molar-refractivity contribution in [2.24, 2.45) is 5.92 Å². The van der Waals surface area contributed by atoms with E-state index in [4.69, 9.17) is 16.3 Å². The van der Waals surface area contributed by atoms with E-state index in [1.807, 2.05) is 35.2 Å². The zero-order valence-corrected chi connectivity index (χ0v) is 17.3. The van der Waals surface area contributed by atoms with Gasteiger partial charge in [0, 0.05) is 18.7 Å². The zero-order valence-electron chi connectivity index (χ0n) is 16.6. The van der Waals surface area contributed by atoms with E-state index in [-0.39, 0.29) is 16.7 Å². The van der Waals surface area contributed by atoms with Crippen molar-refractivity contribution in [2.75, 3.05) is 6.54 Å². The van der Waals surface area contributed by atoms with E-state index in [9.17, 15) is 9.18 Å². The minimum Gasteiger partial charge on any atom is -0.453 e. The molecule has 0 unspecified atom stereocenters. The zero-order chi connectivity index (χ0) is 20.9. The summed E-state index contributed by atoms with van der Waals surface area (Å²) < 4.78 is 19.5. The lowest BCUT2D eigenvalue weighted by Gasteiger charge is -2.23. The van der Waals surface area contributed by atoms with Crippen molar-refractivity contribution < 1.29 is 13.9 Å². The molecule has 0 bridgehead atoms. The monoisotopic (exact) mass is 423 g/mol. The molecule has 1 fully saturated rings. The minimum absolute atomic E-state index is 0.0185. The molecule has 5 heteroatoms. The second kappa shape index (κ2) is 9.31. The van der Waals surface area contributed by atoms with Crippen LogP contribution in [-0.4, -0.2) is 17.4 Å². The smallest absolute Gasteiger partial charge is 0.254 e. The van der Waals surface area contributed by atoms with E-state index in [0.29, 0.717) is 17.9 Å². The normalized spacial score (nSPS) is 13.1. The fourth-order valence-electron chi connectivity index (χ4n) is 3.35. The quantitative estimate of drug-likeness (QED) is 0.402. The van der Waals surface area contributed by atoms with E-state index in [0.717, 1.165) is 24.4 Å². The number of carbonyl (C=O) groups excluding carboxylic acids is 1. The van der Waals surface area contributed by atoms with Crippen LogP contribution in [0.3, 0.4) is 0 Å². The molecular formula is C25H23ClFNO2. The van der Waals surface area contributed by atoms with Gasteiger partial charge in [0.2, 0.25) is 0 Å². The molecule has 0 aliphatic heterocycles. The Kier molecular flexibility index (Phi) is 6.34. The number of hydrogen-bond acceptors (Lipinski definition) is 2. The number of para-hydroxylation sites is 1. The fraction of sp³-hybridized carbons (Fsp3) is 0.240. The van der Waals surface area contributed by atoms with Crippen molar-refractivity contribution in [3.05, 3.63) is 94.8 Å². The Balaban J connectivity index is 1.48. The Bertz CT molecular complexity index is 983. The first-order chi connectivity index (χ1) is 14.6. The number of nitrogens with zero attached hydrogens (tertiary/aromatic N) is 1. The molecule has 0 spiro atoms. The van der Waals surface area contributed by atoms with E-state index in [2.05, 4.69) is 0 Å². The Morgan fingerprint density at radius 1 is 1.00 bits per heavy atom. The Hall–Kier alpha value is -2.85. The molecular weight excluding hydrogens is 401 g/mol. The Labute approximate surface area is 181 Å². The SMILES string of the molecule is O=C(c1ccc(Oc2c(F)cccc2Cl)cc1)N(CCC1CC1)Cc1ccccc1. The van der Waals surface area contributed by atoms with Gasteiger partial charge in [0.25, 0.3) is 5.91 Å². The summed E-state index contributed by atoms with van der Waals surface area (Å²) >= 11 is 6.02. The average molecular weight is 424 g/mol. The number of halogens is 2. The summed E-state index contributed by atoms with van der Waals surface area (Å²) in [5.41, 5.74) is 1.68. The summed E-state index contributed by atoms with van der Waals surface area (Å²) in [6, 6.07) is 21.1. The highest BCUT2D eigenvalue weighted by atomic mass is 35.5. The molecule has 0 radical (unpaired) electrons. The molecule has 4 rings (SSSR count). The molecule has 3 aromatic rings. The number of benzene rings is 3. The number of hydrogen-bond donors (Lipinski definition) is 0. The highest BCUT2D eigenvalue weighted by Gasteiger charge is 2.24. The predicted octanol–water partition coefficient (Wildman–Crippen LogP) is 6.71. The maximum atomic E-state index is 13.9. The first-order valence-corrected chi connectivity index (χ1v) is 10.5. The molecule has 30 heavy (non-hydrogen) atoms. The second-order valence-corrected chi connectivity index (χ2v) is 8.03. The van der Waals surface area contributed by atoms with Crippen LogP contribution < -0.4 is 4.74 Å². The van der Waals surface area contributed by atoms with Gasteiger partial charge in [0.1, 0.15) is 5.75 Å². The van der Waals surface area contributed by atoms with Gasteiger partial charge < -0.3 is 9.64 Å². The third-order valence-corrected chi connectivity index (χ3v) is 5.55. The van der Waals surface area contributed by atoms with Crippen LogP contribution in [0, 0.1) is 11.7 Å². The van der Waals surface area contributed by atoms with Crippen molar-refractivity contribution in [1.29, 1.82) is 0 Å². The summed E-state index contributed by atoms with van der Waals surface area (Å²) in [6.45, 7) is 1.32. The van der Waals surface area contributed by atoms with E-state index in [1.165, 1.54) is 25.0 Å². The lowest BCUT2D eigenvalue weighted by molar-refractivity contribution is 0.0738. The van der Waals surface area contributed by atoms with Crippen molar-refractivity contribution in [1.82, 2.24) is 4.90 Å². The molecule has 1 saturated carbocycles. The van der Waals surface area contributed by atoms with E-state index >= 15 is 0 Å². The van der Waals surface area contributed by atoms with Crippen molar-refractivity contribution in [3.63, 3.8) is 0 Å². The summed E-state index contributed by atoms with van der Waals surface area (Å²) in [7, 11) is 0. The largest absolute Gasteiger partial charge is 0.453 e. The average Bonchev–Trinajstić information content (AvgIpc) is 3.59. The molecule has 3 nitrogen and oxygen atoms in total. The number of rotatable bonds is 8. The second-order valence-electron chi connectivity index (χ2n) is 7.62. The van der Waals surface area contributed by atoms with Crippen LogP contribution in [0.5, 0.6) is 11.5 Å². The lowest BCUT2D eigenvalue weighted by Crippen LogP contribution is -2.31. The molecule has 154 valence electrons. The summed E-state index contributed by atoms with van der Waals surface area (Å²) in [4.78, 5) is 15.1. The summed E-state index contributed by atoms with van der Waals surface area (Å²) in [6.07, 6.45) is 3.56. The van der Waals surface area contributed by atoms with Crippen molar-refractivity contribution in [3.8, 4) is 11.5 Å². The van der Waals surface area contributed by atoms with Crippen molar-refractivity contribution >= 4 is 17.5 Å². The lowest BCUT2D eigenvalue weighted by atomic mass is 10.1. The van der Waals surface area contributed by atoms with Gasteiger partial charge in [-0.3, -0.25) is 4.79 Å². The summed E-state index contributed by atoms with van der Waals surface area (Å²) in [5.74, 6) is 0.601. The van der Waals surface area contributed by atoms with Crippen LogP contribution >= 0.6 is 11.6 Å². The van der Waals surface area contributed by atoms with Crippen LogP contribution in [0.2, 0.25) is 5.02 Å². The topological polar surface area (TPSA) is 29.5 Å². The Morgan fingerprint density at radius 2 is 1.73 bits per heavy atom. The highest BCUT2D eigenvalue weighted by Crippen LogP contribution is 2.33. The molecule has 0 aromatic heterocycles. The molecule has 3 aromatic carbocycles. The minimum atomic E-state index is -0.531. The third-order valence-electron chi connectivity index (χ3n) is 5.25. The van der Waals surface area contributed by atoms with Gasteiger partial charge >= 0.3 is 0 Å². The van der Waals surface area contributed by atoms with E-state index in [1.54, 1.807) is 30.3 Å². The first-order valence-electron chi connectivity index (χ1n) is 10.2. The van der Waals surface area contributed by atoms with Gasteiger partial charge in [-0.15, -0.1) is 0 Å². The molecule has 1 aliphatic rings. The van der Waals surface area contributed by atoms with Crippen LogP contribution in [0.1, 0.15) is 35.2 Å². The maximum absolute atomic E-state index is 13.9. The first kappa shape index (κ1) is 20.4. The fourth-order valence-corrected chi connectivity index (χ4v) is 3.55. The number of amides is 1. The summed E-state index contributed by atoms with van der Waals surface area (Å²) in [5, 5.41) is 0.198. The molecule has 0 N–H and O–H groups in total. The van der Waals surface area contributed by atoms with Gasteiger partial charge in [-0.25, -0.2) is 4.39 Å². The van der Waals surface area contributed by atoms with Gasteiger partial charge in [0.05, 0.1) is 5.02 Å². The Morgan fingerprint density at radius 3 is 2.40 bits per heavy atom. The van der Waals surface area contributed by atoms with Crippen LogP contribution in [0.15, 0.2) is 72.8 Å². The predicted molar refractivity (Wildman–Crippen MR) is 116 cm³/mol. The molecule has 0 atom stereocenters. The van der Waals surface area contributed by atoms with Gasteiger partial charge in [-0.1, -0.05) is 60.8 Å². The number of carbonyl (C=O) groups is 1. The standard InChI is InChI=1S/C25H23ClFNO2/c26-22-7-4-8-23(27)24(22)30-21-13-11-20(12-14-21)25(29)28(16-15-18-9-10-18)17-19-5-2-1-3-6-19/h1-8,11-14,18H,9-10,15-17H2. The highest BCUT2D eigenvalue weighted by molar-refractivity contribution is 6.32. The van der Waals surface area contributed by atoms with Crippen LogP contribution in [0.4, 0.5) is 4.39 Å². The van der Waals surface area contributed by atoms with Gasteiger partial charge in [0.15, 0.2) is 11.6 Å². The van der Waals surface area contributed by atoms with Crippen LogP contribution in [-0.2, 0) is 6.54 Å². The maximum Gasteiger partial charge on any atom is 0.254 e. The van der Waals surface area contributed by atoms with Gasteiger partial charge in [-0.05, 0) is 54.3 Å². The molecule has 1 aliphatic carbocycles. The molecule has 0 saturated heterocycles. The van der Waals surface area contributed by atoms with Crippen LogP contribution in [0.25, 0.3) is 0 Å². The third kappa shape index (κ3) is 5.19.